The summed E-state index contributed by atoms with van der Waals surface area (Å²) in [7, 11) is 0. The molecule has 23 heavy (non-hydrogen) atoms. The van der Waals surface area contributed by atoms with Crippen LogP contribution in [-0.4, -0.2) is 21.2 Å². The van der Waals surface area contributed by atoms with Crippen LogP contribution in [0.1, 0.15) is 37.7 Å². The molecule has 0 radical (unpaired) electrons. The Bertz CT molecular complexity index is 737. The van der Waals surface area contributed by atoms with Crippen LogP contribution in [0.5, 0.6) is 0 Å². The summed E-state index contributed by atoms with van der Waals surface area (Å²) in [6.07, 6.45) is 3.27. The number of nitrogens with zero attached hydrogens (tertiary/aromatic N) is 2. The van der Waals surface area contributed by atoms with Crippen molar-refractivity contribution in [2.75, 3.05) is 0 Å². The summed E-state index contributed by atoms with van der Waals surface area (Å²) in [5.41, 5.74) is 3.11. The van der Waals surface area contributed by atoms with Gasteiger partial charge in [0.1, 0.15) is 5.82 Å². The lowest BCUT2D eigenvalue weighted by molar-refractivity contribution is -0.117. The summed E-state index contributed by atoms with van der Waals surface area (Å²) in [5.74, 6) is -0.430. The molecular formula is C18H22FN3O. The molecule has 0 saturated carbocycles. The van der Waals surface area contributed by atoms with E-state index in [-0.39, 0.29) is 17.3 Å². The van der Waals surface area contributed by atoms with Gasteiger partial charge in [-0.1, -0.05) is 0 Å². The second-order valence-corrected chi connectivity index (χ2v) is 6.55. The first kappa shape index (κ1) is 16.9. The van der Waals surface area contributed by atoms with Crippen LogP contribution in [0.2, 0.25) is 0 Å². The lowest BCUT2D eigenvalue weighted by atomic mass is 10.1. The fraction of sp³-hybridized carbons (Fsp3) is 0.333. The molecule has 0 saturated heterocycles. The number of aromatic nitrogens is 2. The average Bonchev–Trinajstić information content (AvgIpc) is 2.71. The van der Waals surface area contributed by atoms with Crippen molar-refractivity contribution in [3.05, 3.63) is 53.1 Å². The van der Waals surface area contributed by atoms with E-state index >= 15 is 0 Å². The SMILES string of the molecule is Cc1nn(-c2ccc(F)cc2)c(C)c1/C=C/C(=O)NC(C)(C)C. The van der Waals surface area contributed by atoms with Gasteiger partial charge in [-0.25, -0.2) is 9.07 Å². The first-order chi connectivity index (χ1) is 10.7. The van der Waals surface area contributed by atoms with E-state index in [4.69, 9.17) is 0 Å². The predicted octanol–water partition coefficient (Wildman–Crippen LogP) is 3.56. The standard InChI is InChI=1S/C18H22FN3O/c1-12-16(10-11-17(23)20-18(3,4)5)13(2)22(21-12)15-8-6-14(19)7-9-15/h6-11H,1-5H3,(H,20,23)/b11-10+. The van der Waals surface area contributed by atoms with Crippen molar-refractivity contribution in [2.24, 2.45) is 0 Å². The molecule has 1 heterocycles. The molecule has 0 aliphatic heterocycles. The number of amides is 1. The van der Waals surface area contributed by atoms with Crippen LogP contribution in [0.25, 0.3) is 11.8 Å². The molecule has 2 aromatic rings. The van der Waals surface area contributed by atoms with E-state index in [2.05, 4.69) is 10.4 Å². The third kappa shape index (κ3) is 4.28. The zero-order valence-corrected chi connectivity index (χ0v) is 14.1. The molecule has 0 aliphatic rings. The minimum Gasteiger partial charge on any atom is -0.348 e. The van der Waals surface area contributed by atoms with Gasteiger partial charge < -0.3 is 5.32 Å². The van der Waals surface area contributed by atoms with Gasteiger partial charge in [0.2, 0.25) is 5.91 Å². The fourth-order valence-corrected chi connectivity index (χ4v) is 2.30. The summed E-state index contributed by atoms with van der Waals surface area (Å²) in [4.78, 5) is 11.9. The molecule has 0 spiro atoms. The summed E-state index contributed by atoms with van der Waals surface area (Å²) >= 11 is 0. The third-order valence-electron chi connectivity index (χ3n) is 3.32. The number of hydrogen-bond acceptors (Lipinski definition) is 2. The van der Waals surface area contributed by atoms with Gasteiger partial charge in [-0.05, 0) is 65.0 Å². The summed E-state index contributed by atoms with van der Waals surface area (Å²) in [6, 6.07) is 6.15. The van der Waals surface area contributed by atoms with Crippen molar-refractivity contribution in [1.29, 1.82) is 0 Å². The van der Waals surface area contributed by atoms with Crippen molar-refractivity contribution in [2.45, 2.75) is 40.2 Å². The smallest absolute Gasteiger partial charge is 0.244 e. The van der Waals surface area contributed by atoms with Crippen molar-refractivity contribution < 1.29 is 9.18 Å². The molecule has 0 bridgehead atoms. The molecule has 1 N–H and O–H groups in total. The molecule has 1 aromatic carbocycles. The normalized spacial score (nSPS) is 11.9. The first-order valence-electron chi connectivity index (χ1n) is 7.50. The molecule has 5 heteroatoms. The van der Waals surface area contributed by atoms with Crippen LogP contribution in [-0.2, 0) is 4.79 Å². The predicted molar refractivity (Wildman–Crippen MR) is 89.9 cm³/mol. The van der Waals surface area contributed by atoms with Gasteiger partial charge in [-0.2, -0.15) is 5.10 Å². The maximum atomic E-state index is 13.0. The Kier molecular flexibility index (Phi) is 4.68. The molecule has 0 atom stereocenters. The number of rotatable bonds is 3. The van der Waals surface area contributed by atoms with Gasteiger partial charge in [0.25, 0.3) is 0 Å². The van der Waals surface area contributed by atoms with Gasteiger partial charge in [0.15, 0.2) is 0 Å². The molecule has 2 rings (SSSR count). The number of carbonyl (C=O) groups is 1. The van der Waals surface area contributed by atoms with Gasteiger partial charge in [-0.3, -0.25) is 4.79 Å². The maximum absolute atomic E-state index is 13.0. The fourth-order valence-electron chi connectivity index (χ4n) is 2.30. The number of halogens is 1. The van der Waals surface area contributed by atoms with Crippen molar-refractivity contribution >= 4 is 12.0 Å². The van der Waals surface area contributed by atoms with E-state index in [1.54, 1.807) is 22.9 Å². The Hall–Kier alpha value is -2.43. The van der Waals surface area contributed by atoms with Crippen LogP contribution < -0.4 is 5.32 Å². The van der Waals surface area contributed by atoms with Crippen LogP contribution >= 0.6 is 0 Å². The monoisotopic (exact) mass is 315 g/mol. The van der Waals surface area contributed by atoms with E-state index in [9.17, 15) is 9.18 Å². The summed E-state index contributed by atoms with van der Waals surface area (Å²) in [5, 5.41) is 7.35. The van der Waals surface area contributed by atoms with Gasteiger partial charge >= 0.3 is 0 Å². The maximum Gasteiger partial charge on any atom is 0.244 e. The highest BCUT2D eigenvalue weighted by Gasteiger charge is 2.13. The molecule has 0 fully saturated rings. The van der Waals surface area contributed by atoms with E-state index in [0.29, 0.717) is 0 Å². The number of carbonyl (C=O) groups excluding carboxylic acids is 1. The van der Waals surface area contributed by atoms with Crippen molar-refractivity contribution in [1.82, 2.24) is 15.1 Å². The number of nitrogens with one attached hydrogen (secondary N) is 1. The Morgan fingerprint density at radius 1 is 1.22 bits per heavy atom. The Labute approximate surface area is 136 Å². The van der Waals surface area contributed by atoms with E-state index < -0.39 is 0 Å². The number of benzene rings is 1. The van der Waals surface area contributed by atoms with Crippen molar-refractivity contribution in [3.63, 3.8) is 0 Å². The van der Waals surface area contributed by atoms with E-state index in [0.717, 1.165) is 22.6 Å². The molecule has 0 unspecified atom stereocenters. The van der Waals surface area contributed by atoms with Crippen LogP contribution in [0, 0.1) is 19.7 Å². The van der Waals surface area contributed by atoms with Crippen LogP contribution in [0.3, 0.4) is 0 Å². The average molecular weight is 315 g/mol. The highest BCUT2D eigenvalue weighted by molar-refractivity contribution is 5.92. The lowest BCUT2D eigenvalue weighted by Crippen LogP contribution is -2.39. The van der Waals surface area contributed by atoms with Gasteiger partial charge in [-0.15, -0.1) is 0 Å². The van der Waals surface area contributed by atoms with Crippen molar-refractivity contribution in [3.8, 4) is 5.69 Å². The quantitative estimate of drug-likeness (QED) is 0.880. The highest BCUT2D eigenvalue weighted by atomic mass is 19.1. The lowest BCUT2D eigenvalue weighted by Gasteiger charge is -2.18. The minimum absolute atomic E-state index is 0.147. The zero-order chi connectivity index (χ0) is 17.2. The Balaban J connectivity index is 2.28. The molecular weight excluding hydrogens is 293 g/mol. The van der Waals surface area contributed by atoms with Crippen LogP contribution in [0.4, 0.5) is 4.39 Å². The molecule has 1 amide bonds. The molecule has 122 valence electrons. The summed E-state index contributed by atoms with van der Waals surface area (Å²) in [6.45, 7) is 9.60. The third-order valence-corrected chi connectivity index (χ3v) is 3.32. The Morgan fingerprint density at radius 3 is 2.39 bits per heavy atom. The highest BCUT2D eigenvalue weighted by Crippen LogP contribution is 2.19. The van der Waals surface area contributed by atoms with Crippen LogP contribution in [0.15, 0.2) is 30.3 Å². The first-order valence-corrected chi connectivity index (χ1v) is 7.50. The molecule has 4 nitrogen and oxygen atoms in total. The van der Waals surface area contributed by atoms with Gasteiger partial charge in [0.05, 0.1) is 11.4 Å². The minimum atomic E-state index is -0.283. The molecule has 1 aromatic heterocycles. The largest absolute Gasteiger partial charge is 0.348 e. The number of aryl methyl sites for hydroxylation is 1. The van der Waals surface area contributed by atoms with Gasteiger partial charge in [0, 0.05) is 22.9 Å². The topological polar surface area (TPSA) is 46.9 Å². The zero-order valence-electron chi connectivity index (χ0n) is 14.1. The van der Waals surface area contributed by atoms with E-state index in [1.165, 1.54) is 18.2 Å². The number of hydrogen-bond donors (Lipinski definition) is 1. The second kappa shape index (κ2) is 6.36. The van der Waals surface area contributed by atoms with E-state index in [1.807, 2.05) is 34.6 Å². The second-order valence-electron chi connectivity index (χ2n) is 6.55. The Morgan fingerprint density at radius 2 is 1.83 bits per heavy atom. The summed E-state index contributed by atoms with van der Waals surface area (Å²) < 4.78 is 14.8. The molecule has 0 aliphatic carbocycles.